The second-order valence-electron chi connectivity index (χ2n) is 5.36. The average molecular weight is 368 g/mol. The van der Waals surface area contributed by atoms with Crippen LogP contribution in [0, 0.1) is 0 Å². The molecule has 114 valence electrons. The summed E-state index contributed by atoms with van der Waals surface area (Å²) in [5.74, 6) is 0.124. The van der Waals surface area contributed by atoms with Gasteiger partial charge in [-0.25, -0.2) is 0 Å². The van der Waals surface area contributed by atoms with E-state index in [1.54, 1.807) is 11.8 Å². The number of thioether (sulfide) groups is 1. The van der Waals surface area contributed by atoms with Gasteiger partial charge in [0, 0.05) is 15.9 Å². The molecule has 0 heterocycles. The summed E-state index contributed by atoms with van der Waals surface area (Å²) >= 11 is 5.02. The third-order valence-electron chi connectivity index (χ3n) is 3.63. The highest BCUT2D eigenvalue weighted by molar-refractivity contribution is 9.10. The van der Waals surface area contributed by atoms with Crippen molar-refractivity contribution in [2.45, 2.75) is 49.2 Å². The van der Waals surface area contributed by atoms with Gasteiger partial charge in [0.1, 0.15) is 0 Å². The SMILES string of the molecule is CC(Sc1ccc(Br)cc1)C(=O)NCCC1=CCCCC1. The molecule has 0 spiro atoms. The molecule has 0 bridgehead atoms. The van der Waals surface area contributed by atoms with Crippen molar-refractivity contribution >= 4 is 33.6 Å². The number of carbonyl (C=O) groups excluding carboxylic acids is 1. The van der Waals surface area contributed by atoms with Gasteiger partial charge in [-0.1, -0.05) is 27.6 Å². The van der Waals surface area contributed by atoms with E-state index in [1.165, 1.54) is 31.3 Å². The normalized spacial score (nSPS) is 16.2. The van der Waals surface area contributed by atoms with E-state index in [1.807, 2.05) is 31.2 Å². The number of rotatable bonds is 6. The highest BCUT2D eigenvalue weighted by Gasteiger charge is 2.14. The Morgan fingerprint density at radius 3 is 2.76 bits per heavy atom. The lowest BCUT2D eigenvalue weighted by molar-refractivity contribution is -0.120. The summed E-state index contributed by atoms with van der Waals surface area (Å²) in [7, 11) is 0. The molecule has 1 N–H and O–H groups in total. The molecule has 21 heavy (non-hydrogen) atoms. The van der Waals surface area contributed by atoms with E-state index in [4.69, 9.17) is 0 Å². The van der Waals surface area contributed by atoms with Gasteiger partial charge in [-0.3, -0.25) is 4.79 Å². The molecule has 0 saturated heterocycles. The maximum atomic E-state index is 12.1. The second kappa shape index (κ2) is 8.64. The zero-order chi connectivity index (χ0) is 15.1. The van der Waals surface area contributed by atoms with Gasteiger partial charge in [0.25, 0.3) is 0 Å². The van der Waals surface area contributed by atoms with Crippen LogP contribution in [0.5, 0.6) is 0 Å². The van der Waals surface area contributed by atoms with Crippen LogP contribution in [0.1, 0.15) is 39.0 Å². The summed E-state index contributed by atoms with van der Waals surface area (Å²) in [5, 5.41) is 2.99. The lowest BCUT2D eigenvalue weighted by atomic mass is 9.97. The maximum Gasteiger partial charge on any atom is 0.233 e. The molecule has 1 aliphatic carbocycles. The fourth-order valence-electron chi connectivity index (χ4n) is 2.39. The zero-order valence-electron chi connectivity index (χ0n) is 12.4. The van der Waals surface area contributed by atoms with E-state index < -0.39 is 0 Å². The van der Waals surface area contributed by atoms with E-state index in [0.29, 0.717) is 0 Å². The maximum absolute atomic E-state index is 12.1. The number of allylic oxidation sites excluding steroid dienone is 1. The number of hydrogen-bond donors (Lipinski definition) is 1. The van der Waals surface area contributed by atoms with E-state index in [9.17, 15) is 4.79 Å². The van der Waals surface area contributed by atoms with Crippen molar-refractivity contribution in [3.05, 3.63) is 40.4 Å². The van der Waals surface area contributed by atoms with E-state index >= 15 is 0 Å². The highest BCUT2D eigenvalue weighted by Crippen LogP contribution is 2.25. The Hall–Kier alpha value is -0.740. The molecule has 4 heteroatoms. The monoisotopic (exact) mass is 367 g/mol. The van der Waals surface area contributed by atoms with Crippen LogP contribution in [0.15, 0.2) is 45.3 Å². The molecule has 1 aliphatic rings. The molecule has 1 unspecified atom stereocenters. The van der Waals surface area contributed by atoms with Gasteiger partial charge in [0.05, 0.1) is 5.25 Å². The summed E-state index contributed by atoms with van der Waals surface area (Å²) in [6.07, 6.45) is 8.38. The van der Waals surface area contributed by atoms with Gasteiger partial charge in [0.2, 0.25) is 5.91 Å². The van der Waals surface area contributed by atoms with Crippen LogP contribution in [0.2, 0.25) is 0 Å². The third kappa shape index (κ3) is 5.87. The standard InChI is InChI=1S/C17H22BrNOS/c1-13(21-16-9-7-15(18)8-10-16)17(20)19-12-11-14-5-3-2-4-6-14/h5,7-10,13H,2-4,6,11-12H2,1H3,(H,19,20). The lowest BCUT2D eigenvalue weighted by Gasteiger charge is -2.15. The zero-order valence-corrected chi connectivity index (χ0v) is 14.8. The molecule has 0 saturated carbocycles. The molecule has 0 radical (unpaired) electrons. The first-order valence-electron chi connectivity index (χ1n) is 7.53. The summed E-state index contributed by atoms with van der Waals surface area (Å²) in [6, 6.07) is 8.07. The average Bonchev–Trinajstić information content (AvgIpc) is 2.50. The first kappa shape index (κ1) is 16.6. The van der Waals surface area contributed by atoms with Crippen LogP contribution in [-0.4, -0.2) is 17.7 Å². The van der Waals surface area contributed by atoms with Gasteiger partial charge < -0.3 is 5.32 Å². The van der Waals surface area contributed by atoms with Gasteiger partial charge in [-0.05, 0) is 63.3 Å². The molecular formula is C17H22BrNOS. The Morgan fingerprint density at radius 1 is 1.33 bits per heavy atom. The first-order valence-corrected chi connectivity index (χ1v) is 9.20. The predicted octanol–water partition coefficient (Wildman–Crippen LogP) is 4.94. The predicted molar refractivity (Wildman–Crippen MR) is 93.6 cm³/mol. The van der Waals surface area contributed by atoms with Crippen molar-refractivity contribution < 1.29 is 4.79 Å². The lowest BCUT2D eigenvalue weighted by Crippen LogP contribution is -2.31. The Labute approximate surface area is 139 Å². The molecule has 2 rings (SSSR count). The number of nitrogens with one attached hydrogen (secondary N) is 1. The van der Waals surface area contributed by atoms with Crippen LogP contribution in [0.3, 0.4) is 0 Å². The molecule has 1 atom stereocenters. The number of halogens is 1. The van der Waals surface area contributed by atoms with Crippen molar-refractivity contribution in [2.24, 2.45) is 0 Å². The van der Waals surface area contributed by atoms with Crippen molar-refractivity contribution in [1.82, 2.24) is 5.32 Å². The van der Waals surface area contributed by atoms with Crippen molar-refractivity contribution in [1.29, 1.82) is 0 Å². The summed E-state index contributed by atoms with van der Waals surface area (Å²) in [4.78, 5) is 13.2. The molecule has 1 aromatic carbocycles. The topological polar surface area (TPSA) is 29.1 Å². The quantitative estimate of drug-likeness (QED) is 0.569. The summed E-state index contributed by atoms with van der Waals surface area (Å²) < 4.78 is 1.06. The smallest absolute Gasteiger partial charge is 0.233 e. The molecule has 2 nitrogen and oxygen atoms in total. The van der Waals surface area contributed by atoms with Crippen LogP contribution in [0.25, 0.3) is 0 Å². The van der Waals surface area contributed by atoms with Crippen LogP contribution in [0.4, 0.5) is 0 Å². The number of carbonyl (C=O) groups is 1. The summed E-state index contributed by atoms with van der Waals surface area (Å²) in [5.41, 5.74) is 1.51. The van der Waals surface area contributed by atoms with E-state index in [2.05, 4.69) is 27.3 Å². The van der Waals surface area contributed by atoms with E-state index in [-0.39, 0.29) is 11.2 Å². The highest BCUT2D eigenvalue weighted by atomic mass is 79.9. The van der Waals surface area contributed by atoms with Crippen LogP contribution in [-0.2, 0) is 4.79 Å². The number of benzene rings is 1. The molecule has 0 aromatic heterocycles. The fourth-order valence-corrected chi connectivity index (χ4v) is 3.55. The van der Waals surface area contributed by atoms with Crippen molar-refractivity contribution in [2.75, 3.05) is 6.54 Å². The second-order valence-corrected chi connectivity index (χ2v) is 7.69. The molecule has 0 aliphatic heterocycles. The Morgan fingerprint density at radius 2 is 2.10 bits per heavy atom. The molecule has 0 fully saturated rings. The van der Waals surface area contributed by atoms with E-state index in [0.717, 1.165) is 22.3 Å². The Bertz CT molecular complexity index is 498. The molecular weight excluding hydrogens is 346 g/mol. The fraction of sp³-hybridized carbons (Fsp3) is 0.471. The van der Waals surface area contributed by atoms with Gasteiger partial charge in [-0.2, -0.15) is 0 Å². The van der Waals surface area contributed by atoms with Gasteiger partial charge >= 0.3 is 0 Å². The van der Waals surface area contributed by atoms with Crippen molar-refractivity contribution in [3.63, 3.8) is 0 Å². The van der Waals surface area contributed by atoms with Crippen LogP contribution >= 0.6 is 27.7 Å². The molecule has 1 aromatic rings. The minimum absolute atomic E-state index is 0.0634. The largest absolute Gasteiger partial charge is 0.355 e. The summed E-state index contributed by atoms with van der Waals surface area (Å²) in [6.45, 7) is 2.72. The molecule has 1 amide bonds. The van der Waals surface area contributed by atoms with Crippen molar-refractivity contribution in [3.8, 4) is 0 Å². The Kier molecular flexibility index (Phi) is 6.84. The van der Waals surface area contributed by atoms with Crippen LogP contribution < -0.4 is 5.32 Å². The number of hydrogen-bond acceptors (Lipinski definition) is 2. The third-order valence-corrected chi connectivity index (χ3v) is 5.27. The minimum atomic E-state index is -0.0634. The number of amides is 1. The van der Waals surface area contributed by atoms with Gasteiger partial charge in [0.15, 0.2) is 0 Å². The van der Waals surface area contributed by atoms with Gasteiger partial charge in [-0.15, -0.1) is 11.8 Å². The first-order chi connectivity index (χ1) is 10.1. The minimum Gasteiger partial charge on any atom is -0.355 e. The Balaban J connectivity index is 1.72.